The zero-order valence-electron chi connectivity index (χ0n) is 9.88. The summed E-state index contributed by atoms with van der Waals surface area (Å²) < 4.78 is 13.6. The molecule has 2 aromatic rings. The number of amides is 1. The molecule has 0 aliphatic carbocycles. The number of carbonyl (C=O) groups excluding carboxylic acids is 1. The number of aromatic nitrogens is 1. The summed E-state index contributed by atoms with van der Waals surface area (Å²) in [5.74, 6) is -1.14. The average Bonchev–Trinajstić information content (AvgIpc) is 2.35. The maximum absolute atomic E-state index is 13.6. The molecular formula is C13H9Cl2FN2O. The average molecular weight is 299 g/mol. The molecule has 3 nitrogen and oxygen atoms in total. The van der Waals surface area contributed by atoms with Gasteiger partial charge in [-0.05, 0) is 36.8 Å². The SMILES string of the molecule is Cc1ccc(NC(=O)c2nc(Cl)ccc2Cl)c(F)c1. The van der Waals surface area contributed by atoms with Crippen LogP contribution >= 0.6 is 23.2 Å². The van der Waals surface area contributed by atoms with Crippen LogP contribution in [-0.4, -0.2) is 10.9 Å². The van der Waals surface area contributed by atoms with E-state index in [0.29, 0.717) is 0 Å². The van der Waals surface area contributed by atoms with Gasteiger partial charge in [0.25, 0.3) is 5.91 Å². The van der Waals surface area contributed by atoms with Gasteiger partial charge in [-0.25, -0.2) is 9.37 Å². The second kappa shape index (κ2) is 5.55. The zero-order chi connectivity index (χ0) is 14.0. The summed E-state index contributed by atoms with van der Waals surface area (Å²) in [5.41, 5.74) is 0.775. The molecule has 1 aromatic heterocycles. The molecule has 2 rings (SSSR count). The molecule has 1 N–H and O–H groups in total. The zero-order valence-corrected chi connectivity index (χ0v) is 11.4. The third-order valence-electron chi connectivity index (χ3n) is 2.40. The van der Waals surface area contributed by atoms with Gasteiger partial charge in [-0.2, -0.15) is 0 Å². The van der Waals surface area contributed by atoms with Crippen LogP contribution in [0.15, 0.2) is 30.3 Å². The first-order valence-corrected chi connectivity index (χ1v) is 6.12. The molecule has 1 aromatic carbocycles. The van der Waals surface area contributed by atoms with Crippen molar-refractivity contribution in [2.45, 2.75) is 6.92 Å². The Morgan fingerprint density at radius 3 is 2.68 bits per heavy atom. The van der Waals surface area contributed by atoms with E-state index in [1.54, 1.807) is 13.0 Å². The van der Waals surface area contributed by atoms with Crippen molar-refractivity contribution in [2.24, 2.45) is 0 Å². The fourth-order valence-corrected chi connectivity index (χ4v) is 1.82. The Morgan fingerprint density at radius 1 is 1.26 bits per heavy atom. The highest BCUT2D eigenvalue weighted by atomic mass is 35.5. The Labute approximate surface area is 119 Å². The van der Waals surface area contributed by atoms with Gasteiger partial charge in [0.1, 0.15) is 16.7 Å². The highest BCUT2D eigenvalue weighted by Gasteiger charge is 2.14. The summed E-state index contributed by atoms with van der Waals surface area (Å²) in [6.45, 7) is 1.75. The van der Waals surface area contributed by atoms with E-state index in [1.807, 2.05) is 0 Å². The standard InChI is InChI=1S/C13H9Cl2FN2O/c1-7-2-4-10(9(16)6-7)17-13(19)12-8(14)3-5-11(15)18-12/h2-6H,1H3,(H,17,19). The third-order valence-corrected chi connectivity index (χ3v) is 2.92. The molecule has 0 saturated heterocycles. The van der Waals surface area contributed by atoms with Crippen molar-refractivity contribution in [3.63, 3.8) is 0 Å². The molecule has 0 radical (unpaired) electrons. The van der Waals surface area contributed by atoms with Crippen LogP contribution in [0.2, 0.25) is 10.2 Å². The summed E-state index contributed by atoms with van der Waals surface area (Å²) in [6, 6.07) is 7.40. The fraction of sp³-hybridized carbons (Fsp3) is 0.0769. The smallest absolute Gasteiger partial charge is 0.275 e. The van der Waals surface area contributed by atoms with Gasteiger partial charge in [0.15, 0.2) is 0 Å². The van der Waals surface area contributed by atoms with Crippen molar-refractivity contribution in [3.8, 4) is 0 Å². The Hall–Kier alpha value is -1.65. The molecule has 1 heterocycles. The van der Waals surface area contributed by atoms with E-state index in [2.05, 4.69) is 10.3 Å². The van der Waals surface area contributed by atoms with Gasteiger partial charge >= 0.3 is 0 Å². The predicted octanol–water partition coefficient (Wildman–Crippen LogP) is 4.09. The summed E-state index contributed by atoms with van der Waals surface area (Å²) in [7, 11) is 0. The number of hydrogen-bond acceptors (Lipinski definition) is 2. The Bertz CT molecular complexity index is 647. The number of aryl methyl sites for hydroxylation is 1. The number of benzene rings is 1. The highest BCUT2D eigenvalue weighted by molar-refractivity contribution is 6.35. The van der Waals surface area contributed by atoms with Crippen LogP contribution in [0.4, 0.5) is 10.1 Å². The lowest BCUT2D eigenvalue weighted by Crippen LogP contribution is -2.15. The highest BCUT2D eigenvalue weighted by Crippen LogP contribution is 2.20. The maximum Gasteiger partial charge on any atom is 0.275 e. The summed E-state index contributed by atoms with van der Waals surface area (Å²) in [4.78, 5) is 15.8. The van der Waals surface area contributed by atoms with Crippen molar-refractivity contribution in [1.29, 1.82) is 0 Å². The van der Waals surface area contributed by atoms with E-state index in [-0.39, 0.29) is 21.6 Å². The van der Waals surface area contributed by atoms with Crippen LogP contribution in [0.1, 0.15) is 16.1 Å². The molecule has 0 aliphatic heterocycles. The minimum Gasteiger partial charge on any atom is -0.318 e. The molecule has 98 valence electrons. The van der Waals surface area contributed by atoms with E-state index < -0.39 is 11.7 Å². The third kappa shape index (κ3) is 3.22. The first-order valence-electron chi connectivity index (χ1n) is 5.37. The second-order valence-electron chi connectivity index (χ2n) is 3.90. The number of rotatable bonds is 2. The molecular weight excluding hydrogens is 290 g/mol. The Morgan fingerprint density at radius 2 is 2.00 bits per heavy atom. The molecule has 0 saturated carbocycles. The summed E-state index contributed by atoms with van der Waals surface area (Å²) in [5, 5.41) is 2.69. The van der Waals surface area contributed by atoms with Crippen LogP contribution < -0.4 is 5.32 Å². The number of nitrogens with zero attached hydrogens (tertiary/aromatic N) is 1. The van der Waals surface area contributed by atoms with Crippen LogP contribution in [0.3, 0.4) is 0 Å². The molecule has 6 heteroatoms. The van der Waals surface area contributed by atoms with Crippen LogP contribution in [0.5, 0.6) is 0 Å². The number of hydrogen-bond donors (Lipinski definition) is 1. The van der Waals surface area contributed by atoms with E-state index in [4.69, 9.17) is 23.2 Å². The quantitative estimate of drug-likeness (QED) is 0.849. The fourth-order valence-electron chi connectivity index (χ4n) is 1.48. The van der Waals surface area contributed by atoms with E-state index in [9.17, 15) is 9.18 Å². The van der Waals surface area contributed by atoms with Crippen molar-refractivity contribution in [2.75, 3.05) is 5.32 Å². The number of halogens is 3. The van der Waals surface area contributed by atoms with Gasteiger partial charge in [0.2, 0.25) is 0 Å². The van der Waals surface area contributed by atoms with Gasteiger partial charge in [0.05, 0.1) is 10.7 Å². The monoisotopic (exact) mass is 298 g/mol. The molecule has 0 fully saturated rings. The first-order chi connectivity index (χ1) is 8.97. The normalized spacial score (nSPS) is 10.3. The number of carbonyl (C=O) groups is 1. The van der Waals surface area contributed by atoms with Crippen molar-refractivity contribution >= 4 is 34.8 Å². The van der Waals surface area contributed by atoms with Gasteiger partial charge in [0, 0.05) is 0 Å². The maximum atomic E-state index is 13.6. The lowest BCUT2D eigenvalue weighted by atomic mass is 10.2. The number of anilines is 1. The minimum absolute atomic E-state index is 0.0471. The lowest BCUT2D eigenvalue weighted by Gasteiger charge is -2.07. The summed E-state index contributed by atoms with van der Waals surface area (Å²) in [6.07, 6.45) is 0. The van der Waals surface area contributed by atoms with Crippen molar-refractivity contribution in [3.05, 3.63) is 57.6 Å². The molecule has 0 unspecified atom stereocenters. The number of nitrogens with one attached hydrogen (secondary N) is 1. The van der Waals surface area contributed by atoms with Crippen molar-refractivity contribution in [1.82, 2.24) is 4.98 Å². The van der Waals surface area contributed by atoms with E-state index in [0.717, 1.165) is 5.56 Å². The Kier molecular flexibility index (Phi) is 4.02. The molecule has 0 aliphatic rings. The van der Waals surface area contributed by atoms with E-state index in [1.165, 1.54) is 24.3 Å². The van der Waals surface area contributed by atoms with Crippen LogP contribution in [0, 0.1) is 12.7 Å². The lowest BCUT2D eigenvalue weighted by molar-refractivity contribution is 0.102. The van der Waals surface area contributed by atoms with E-state index >= 15 is 0 Å². The molecule has 0 atom stereocenters. The van der Waals surface area contributed by atoms with Crippen LogP contribution in [0.25, 0.3) is 0 Å². The molecule has 1 amide bonds. The number of pyridine rings is 1. The molecule has 0 spiro atoms. The van der Waals surface area contributed by atoms with Gasteiger partial charge in [-0.15, -0.1) is 0 Å². The van der Waals surface area contributed by atoms with Gasteiger partial charge in [-0.3, -0.25) is 4.79 Å². The first kappa shape index (κ1) is 13.8. The molecule has 19 heavy (non-hydrogen) atoms. The predicted molar refractivity (Wildman–Crippen MR) is 73.3 cm³/mol. The van der Waals surface area contributed by atoms with Crippen molar-refractivity contribution < 1.29 is 9.18 Å². The van der Waals surface area contributed by atoms with Gasteiger partial charge < -0.3 is 5.32 Å². The minimum atomic E-state index is -0.616. The topological polar surface area (TPSA) is 42.0 Å². The second-order valence-corrected chi connectivity index (χ2v) is 4.70. The van der Waals surface area contributed by atoms with Gasteiger partial charge in [-0.1, -0.05) is 29.3 Å². The Balaban J connectivity index is 2.28. The van der Waals surface area contributed by atoms with Crippen LogP contribution in [-0.2, 0) is 0 Å². The molecule has 0 bridgehead atoms. The largest absolute Gasteiger partial charge is 0.318 e. The summed E-state index contributed by atoms with van der Waals surface area (Å²) >= 11 is 11.5.